The van der Waals surface area contributed by atoms with Crippen molar-refractivity contribution in [1.29, 1.82) is 0 Å². The fourth-order valence-corrected chi connectivity index (χ4v) is 2.73. The minimum absolute atomic E-state index is 0.0481. The molecule has 0 saturated heterocycles. The minimum Gasteiger partial charge on any atom is -0.493 e. The fraction of sp³-hybridized carbons (Fsp3) is 0.294. The highest BCUT2D eigenvalue weighted by molar-refractivity contribution is 5.72. The van der Waals surface area contributed by atoms with E-state index in [0.29, 0.717) is 12.3 Å². The molecule has 0 atom stereocenters. The largest absolute Gasteiger partial charge is 0.493 e. The quantitative estimate of drug-likeness (QED) is 0.910. The van der Waals surface area contributed by atoms with Gasteiger partial charge in [0.2, 0.25) is 0 Å². The number of hydrogen-bond acceptors (Lipinski definition) is 4. The second-order valence-corrected chi connectivity index (χ2v) is 5.23. The van der Waals surface area contributed by atoms with Crippen LogP contribution in [0.1, 0.15) is 5.56 Å². The Morgan fingerprint density at radius 3 is 2.78 bits per heavy atom. The molecule has 0 saturated carbocycles. The Labute approximate surface area is 133 Å². The van der Waals surface area contributed by atoms with Crippen LogP contribution in [0.5, 0.6) is 11.5 Å². The van der Waals surface area contributed by atoms with Crippen molar-refractivity contribution in [2.45, 2.75) is 13.2 Å². The van der Waals surface area contributed by atoms with Gasteiger partial charge in [-0.2, -0.15) is 8.78 Å². The van der Waals surface area contributed by atoms with Crippen LogP contribution in [0.4, 0.5) is 20.2 Å². The van der Waals surface area contributed by atoms with Crippen molar-refractivity contribution in [1.82, 2.24) is 0 Å². The Hall–Kier alpha value is -2.50. The van der Waals surface area contributed by atoms with Crippen molar-refractivity contribution in [3.8, 4) is 11.5 Å². The molecule has 1 heterocycles. The topological polar surface area (TPSA) is 33.7 Å². The number of methoxy groups -OCH3 is 1. The second-order valence-electron chi connectivity index (χ2n) is 5.23. The number of benzene rings is 2. The van der Waals surface area contributed by atoms with Gasteiger partial charge < -0.3 is 19.7 Å². The molecule has 1 aliphatic rings. The van der Waals surface area contributed by atoms with Crippen LogP contribution in [0, 0.1) is 0 Å². The normalized spacial score (nSPS) is 13.5. The number of nitrogens with one attached hydrogen (secondary N) is 1. The summed E-state index contributed by atoms with van der Waals surface area (Å²) < 4.78 is 34.4. The summed E-state index contributed by atoms with van der Waals surface area (Å²) in [6.45, 7) is -0.464. The monoisotopic (exact) mass is 320 g/mol. The first-order valence-electron chi connectivity index (χ1n) is 7.37. The van der Waals surface area contributed by atoms with Gasteiger partial charge in [0.05, 0.1) is 18.5 Å². The first kappa shape index (κ1) is 15.4. The summed E-state index contributed by atoms with van der Waals surface area (Å²) in [4.78, 5) is 2.24. The summed E-state index contributed by atoms with van der Waals surface area (Å²) in [7, 11) is 1.44. The van der Waals surface area contributed by atoms with Crippen LogP contribution < -0.4 is 19.7 Å². The third-order valence-corrected chi connectivity index (χ3v) is 3.76. The zero-order chi connectivity index (χ0) is 16.2. The summed E-state index contributed by atoms with van der Waals surface area (Å²) in [5.74, 6) is 0.359. The summed E-state index contributed by atoms with van der Waals surface area (Å²) in [6.07, 6.45) is 0. The van der Waals surface area contributed by atoms with Crippen molar-refractivity contribution in [3.05, 3.63) is 48.0 Å². The van der Waals surface area contributed by atoms with Crippen LogP contribution >= 0.6 is 0 Å². The molecular weight excluding hydrogens is 302 g/mol. The number of nitrogens with zero attached hydrogens (tertiary/aromatic N) is 1. The Morgan fingerprint density at radius 2 is 2.00 bits per heavy atom. The predicted octanol–water partition coefficient (Wildman–Crippen LogP) is 3.73. The van der Waals surface area contributed by atoms with Gasteiger partial charge in [0.25, 0.3) is 0 Å². The lowest BCUT2D eigenvalue weighted by molar-refractivity contribution is -0.0512. The molecule has 0 spiro atoms. The van der Waals surface area contributed by atoms with E-state index in [1.54, 1.807) is 12.1 Å². The van der Waals surface area contributed by atoms with E-state index in [9.17, 15) is 8.78 Å². The first-order valence-corrected chi connectivity index (χ1v) is 7.37. The maximum Gasteiger partial charge on any atom is 0.387 e. The highest BCUT2D eigenvalue weighted by Crippen LogP contribution is 2.33. The standard InChI is InChI=1S/C17H18F2N2O2/c1-22-16-10-12(6-7-15(16)23-17(18)19)11-21-9-8-20-13-4-2-3-5-14(13)21/h2-7,10,17,20H,8-9,11H2,1H3. The molecule has 0 aromatic heterocycles. The lowest BCUT2D eigenvalue weighted by Crippen LogP contribution is -2.33. The van der Waals surface area contributed by atoms with E-state index in [4.69, 9.17) is 4.74 Å². The SMILES string of the molecule is COc1cc(CN2CCNc3ccccc32)ccc1OC(F)F. The molecule has 1 N–H and O–H groups in total. The number of anilines is 2. The molecule has 0 bridgehead atoms. The van der Waals surface area contributed by atoms with Crippen LogP contribution in [-0.4, -0.2) is 26.8 Å². The summed E-state index contributed by atoms with van der Waals surface area (Å²) in [5.41, 5.74) is 3.20. The molecule has 0 aliphatic carbocycles. The third kappa shape index (κ3) is 3.47. The number of para-hydroxylation sites is 2. The molecule has 0 radical (unpaired) electrons. The van der Waals surface area contributed by atoms with E-state index in [1.807, 2.05) is 18.2 Å². The summed E-state index contributed by atoms with van der Waals surface area (Å²) in [6, 6.07) is 13.1. The van der Waals surface area contributed by atoms with Gasteiger partial charge in [0, 0.05) is 19.6 Å². The molecular formula is C17H18F2N2O2. The van der Waals surface area contributed by atoms with E-state index < -0.39 is 6.61 Å². The number of alkyl halides is 2. The van der Waals surface area contributed by atoms with Crippen LogP contribution in [0.15, 0.2) is 42.5 Å². The third-order valence-electron chi connectivity index (χ3n) is 3.76. The van der Waals surface area contributed by atoms with E-state index in [0.717, 1.165) is 30.0 Å². The maximum atomic E-state index is 12.4. The average molecular weight is 320 g/mol. The zero-order valence-electron chi connectivity index (χ0n) is 12.8. The highest BCUT2D eigenvalue weighted by Gasteiger charge is 2.17. The molecule has 4 nitrogen and oxygen atoms in total. The molecule has 2 aromatic rings. The van der Waals surface area contributed by atoms with Crippen molar-refractivity contribution in [2.75, 3.05) is 30.4 Å². The molecule has 122 valence electrons. The highest BCUT2D eigenvalue weighted by atomic mass is 19.3. The molecule has 3 rings (SSSR count). The number of fused-ring (bicyclic) bond motifs is 1. The van der Waals surface area contributed by atoms with E-state index >= 15 is 0 Å². The second kappa shape index (κ2) is 6.73. The van der Waals surface area contributed by atoms with Crippen LogP contribution in [-0.2, 0) is 6.54 Å². The van der Waals surface area contributed by atoms with Gasteiger partial charge in [-0.3, -0.25) is 0 Å². The number of hydrogen-bond donors (Lipinski definition) is 1. The lowest BCUT2D eigenvalue weighted by Gasteiger charge is -2.32. The van der Waals surface area contributed by atoms with Crippen LogP contribution in [0.25, 0.3) is 0 Å². The molecule has 6 heteroatoms. The Bertz CT molecular complexity index is 679. The van der Waals surface area contributed by atoms with Crippen molar-refractivity contribution in [2.24, 2.45) is 0 Å². The number of rotatable bonds is 5. The van der Waals surface area contributed by atoms with Crippen molar-refractivity contribution < 1.29 is 18.3 Å². The summed E-state index contributed by atoms with van der Waals surface area (Å²) >= 11 is 0. The van der Waals surface area contributed by atoms with Gasteiger partial charge in [-0.15, -0.1) is 0 Å². The van der Waals surface area contributed by atoms with E-state index in [-0.39, 0.29) is 5.75 Å². The molecule has 0 unspecified atom stereocenters. The van der Waals surface area contributed by atoms with Crippen molar-refractivity contribution in [3.63, 3.8) is 0 Å². The van der Waals surface area contributed by atoms with Crippen LogP contribution in [0.3, 0.4) is 0 Å². The minimum atomic E-state index is -2.87. The van der Waals surface area contributed by atoms with Gasteiger partial charge in [0.15, 0.2) is 11.5 Å². The molecule has 23 heavy (non-hydrogen) atoms. The predicted molar refractivity (Wildman–Crippen MR) is 85.6 cm³/mol. The molecule has 2 aromatic carbocycles. The van der Waals surface area contributed by atoms with E-state index in [2.05, 4.69) is 21.0 Å². The lowest BCUT2D eigenvalue weighted by atomic mass is 10.1. The molecule has 0 amide bonds. The van der Waals surface area contributed by atoms with Crippen molar-refractivity contribution >= 4 is 11.4 Å². The van der Waals surface area contributed by atoms with Crippen LogP contribution in [0.2, 0.25) is 0 Å². The Morgan fingerprint density at radius 1 is 1.17 bits per heavy atom. The molecule has 0 fully saturated rings. The first-order chi connectivity index (χ1) is 11.2. The van der Waals surface area contributed by atoms with Gasteiger partial charge in [-0.25, -0.2) is 0 Å². The maximum absolute atomic E-state index is 12.4. The average Bonchev–Trinajstić information content (AvgIpc) is 2.56. The van der Waals surface area contributed by atoms with E-state index in [1.165, 1.54) is 13.2 Å². The Kier molecular flexibility index (Phi) is 4.50. The molecule has 1 aliphatic heterocycles. The summed E-state index contributed by atoms with van der Waals surface area (Å²) in [5, 5.41) is 3.36. The smallest absolute Gasteiger partial charge is 0.387 e. The fourth-order valence-electron chi connectivity index (χ4n) is 2.73. The van der Waals surface area contributed by atoms with Gasteiger partial charge in [0.1, 0.15) is 0 Å². The number of halogens is 2. The van der Waals surface area contributed by atoms with Gasteiger partial charge >= 0.3 is 6.61 Å². The zero-order valence-corrected chi connectivity index (χ0v) is 12.8. The Balaban J connectivity index is 1.81. The van der Waals surface area contributed by atoms with Gasteiger partial charge in [-0.1, -0.05) is 18.2 Å². The number of ether oxygens (including phenoxy) is 2. The van der Waals surface area contributed by atoms with Gasteiger partial charge in [-0.05, 0) is 29.8 Å².